The lowest BCUT2D eigenvalue weighted by Crippen LogP contribution is -2.17. The highest BCUT2D eigenvalue weighted by atomic mass is 16.5. The van der Waals surface area contributed by atoms with Gasteiger partial charge in [0, 0.05) is 12.3 Å². The van der Waals surface area contributed by atoms with E-state index in [-0.39, 0.29) is 18.1 Å². The molecule has 0 fully saturated rings. The molecule has 0 spiro atoms. The van der Waals surface area contributed by atoms with Crippen molar-refractivity contribution in [3.63, 3.8) is 0 Å². The second-order valence-electron chi connectivity index (χ2n) is 4.19. The SMILES string of the molecule is COC(=O)CC(=O)C(C)CC#CC(C)(C)O. The maximum atomic E-state index is 11.4. The quantitative estimate of drug-likeness (QED) is 0.440. The monoisotopic (exact) mass is 226 g/mol. The van der Waals surface area contributed by atoms with Crippen molar-refractivity contribution in [3.05, 3.63) is 0 Å². The Balaban J connectivity index is 4.15. The van der Waals surface area contributed by atoms with Crippen molar-refractivity contribution in [1.29, 1.82) is 0 Å². The summed E-state index contributed by atoms with van der Waals surface area (Å²) in [6.07, 6.45) is 0.113. The van der Waals surface area contributed by atoms with E-state index in [2.05, 4.69) is 16.6 Å². The molecule has 4 heteroatoms. The molecule has 1 N–H and O–H groups in total. The molecule has 0 radical (unpaired) electrons. The van der Waals surface area contributed by atoms with E-state index in [0.29, 0.717) is 6.42 Å². The molecule has 4 nitrogen and oxygen atoms in total. The third kappa shape index (κ3) is 7.02. The summed E-state index contributed by atoms with van der Waals surface area (Å²) in [6, 6.07) is 0. The van der Waals surface area contributed by atoms with Crippen molar-refractivity contribution in [2.75, 3.05) is 7.11 Å². The Morgan fingerprint density at radius 1 is 1.44 bits per heavy atom. The molecule has 0 aliphatic carbocycles. The van der Waals surface area contributed by atoms with Crippen LogP contribution in [-0.2, 0) is 14.3 Å². The number of hydrogen-bond donors (Lipinski definition) is 1. The fourth-order valence-electron chi connectivity index (χ4n) is 0.923. The Labute approximate surface area is 96.0 Å². The number of aliphatic hydroxyl groups is 1. The van der Waals surface area contributed by atoms with Gasteiger partial charge in [0.2, 0.25) is 0 Å². The number of methoxy groups -OCH3 is 1. The van der Waals surface area contributed by atoms with Crippen molar-refractivity contribution < 1.29 is 19.4 Å². The van der Waals surface area contributed by atoms with E-state index in [1.54, 1.807) is 20.8 Å². The lowest BCUT2D eigenvalue weighted by molar-refractivity contribution is -0.144. The van der Waals surface area contributed by atoms with Crippen molar-refractivity contribution >= 4 is 11.8 Å². The molecule has 1 unspecified atom stereocenters. The summed E-state index contributed by atoms with van der Waals surface area (Å²) < 4.78 is 4.39. The average Bonchev–Trinajstić information content (AvgIpc) is 2.15. The highest BCUT2D eigenvalue weighted by Crippen LogP contribution is 2.07. The first kappa shape index (κ1) is 14.7. The summed E-state index contributed by atoms with van der Waals surface area (Å²) in [5, 5.41) is 9.32. The second kappa shape index (κ2) is 6.29. The van der Waals surface area contributed by atoms with Crippen LogP contribution in [0.25, 0.3) is 0 Å². The van der Waals surface area contributed by atoms with Gasteiger partial charge in [-0.15, -0.1) is 0 Å². The summed E-state index contributed by atoms with van der Waals surface area (Å²) in [6.45, 7) is 4.84. The normalized spacial score (nSPS) is 12.3. The Bertz CT molecular complexity index is 314. The topological polar surface area (TPSA) is 63.6 Å². The predicted molar refractivity (Wildman–Crippen MR) is 59.5 cm³/mol. The van der Waals surface area contributed by atoms with E-state index in [1.165, 1.54) is 7.11 Å². The van der Waals surface area contributed by atoms with Crippen LogP contribution in [0.2, 0.25) is 0 Å². The van der Waals surface area contributed by atoms with Crippen molar-refractivity contribution in [2.45, 2.75) is 39.2 Å². The zero-order valence-electron chi connectivity index (χ0n) is 10.2. The first-order valence-electron chi connectivity index (χ1n) is 5.08. The van der Waals surface area contributed by atoms with E-state index in [1.807, 2.05) is 0 Å². The largest absolute Gasteiger partial charge is 0.469 e. The lowest BCUT2D eigenvalue weighted by Gasteiger charge is -2.08. The number of hydrogen-bond acceptors (Lipinski definition) is 4. The fraction of sp³-hybridized carbons (Fsp3) is 0.667. The minimum Gasteiger partial charge on any atom is -0.469 e. The first-order chi connectivity index (χ1) is 7.26. The molecule has 0 saturated heterocycles. The molecule has 1 atom stereocenters. The standard InChI is InChI=1S/C12H18O4/c1-9(6-5-7-12(2,3)15)10(13)8-11(14)16-4/h9,15H,6,8H2,1-4H3. The molecule has 0 bridgehead atoms. The maximum absolute atomic E-state index is 11.4. The van der Waals surface area contributed by atoms with Crippen LogP contribution in [0.4, 0.5) is 0 Å². The molecule has 90 valence electrons. The van der Waals surface area contributed by atoms with Gasteiger partial charge in [0.25, 0.3) is 0 Å². The van der Waals surface area contributed by atoms with Gasteiger partial charge in [-0.25, -0.2) is 0 Å². The number of rotatable bonds is 4. The minimum atomic E-state index is -1.05. The first-order valence-corrected chi connectivity index (χ1v) is 5.08. The smallest absolute Gasteiger partial charge is 0.313 e. The second-order valence-corrected chi connectivity index (χ2v) is 4.19. The van der Waals surface area contributed by atoms with Crippen LogP contribution in [0.5, 0.6) is 0 Å². The number of esters is 1. The van der Waals surface area contributed by atoms with Crippen LogP contribution in [0, 0.1) is 17.8 Å². The minimum absolute atomic E-state index is 0.197. The van der Waals surface area contributed by atoms with Gasteiger partial charge in [-0.1, -0.05) is 18.8 Å². The highest BCUT2D eigenvalue weighted by Gasteiger charge is 2.16. The Morgan fingerprint density at radius 2 is 2.00 bits per heavy atom. The number of Topliss-reactive ketones (excluding diaryl/α,β-unsaturated/α-hetero) is 1. The van der Waals surface area contributed by atoms with E-state index in [4.69, 9.17) is 0 Å². The Hall–Kier alpha value is -1.34. The van der Waals surface area contributed by atoms with Crippen molar-refractivity contribution in [2.24, 2.45) is 5.92 Å². The predicted octanol–water partition coefficient (Wildman–Crippen LogP) is 0.919. The van der Waals surface area contributed by atoms with Crippen LogP contribution in [0.15, 0.2) is 0 Å². The van der Waals surface area contributed by atoms with Gasteiger partial charge < -0.3 is 9.84 Å². The van der Waals surface area contributed by atoms with Crippen LogP contribution in [-0.4, -0.2) is 29.6 Å². The summed E-state index contributed by atoms with van der Waals surface area (Å²) in [5.41, 5.74) is -1.05. The molecule has 0 aliphatic rings. The van der Waals surface area contributed by atoms with Gasteiger partial charge >= 0.3 is 5.97 Å². The number of carbonyl (C=O) groups excluding carboxylic acids is 2. The molecule has 0 aromatic carbocycles. The van der Waals surface area contributed by atoms with E-state index >= 15 is 0 Å². The Kier molecular flexibility index (Phi) is 5.76. The van der Waals surface area contributed by atoms with Crippen LogP contribution in [0.1, 0.15) is 33.6 Å². The maximum Gasteiger partial charge on any atom is 0.313 e. The third-order valence-electron chi connectivity index (χ3n) is 1.90. The van der Waals surface area contributed by atoms with Gasteiger partial charge in [0.05, 0.1) is 7.11 Å². The molecule has 0 heterocycles. The van der Waals surface area contributed by atoms with E-state index in [9.17, 15) is 14.7 Å². The van der Waals surface area contributed by atoms with Crippen LogP contribution >= 0.6 is 0 Å². The fourth-order valence-corrected chi connectivity index (χ4v) is 0.923. The molecule has 0 saturated carbocycles. The molecule has 16 heavy (non-hydrogen) atoms. The summed E-state index contributed by atoms with van der Waals surface area (Å²) in [7, 11) is 1.24. The molecule has 0 aromatic rings. The number of ether oxygens (including phenoxy) is 1. The lowest BCUT2D eigenvalue weighted by atomic mass is 10.00. The number of carbonyl (C=O) groups is 2. The molecule has 0 aromatic heterocycles. The summed E-state index contributed by atoms with van der Waals surface area (Å²) in [4.78, 5) is 22.3. The van der Waals surface area contributed by atoms with Gasteiger partial charge in [-0.3, -0.25) is 9.59 Å². The van der Waals surface area contributed by atoms with Gasteiger partial charge in [-0.2, -0.15) is 0 Å². The van der Waals surface area contributed by atoms with Gasteiger partial charge in [0.15, 0.2) is 0 Å². The summed E-state index contributed by atoms with van der Waals surface area (Å²) >= 11 is 0. The van der Waals surface area contributed by atoms with E-state index in [0.717, 1.165) is 0 Å². The van der Waals surface area contributed by atoms with Gasteiger partial charge in [0.1, 0.15) is 17.8 Å². The zero-order valence-corrected chi connectivity index (χ0v) is 10.2. The van der Waals surface area contributed by atoms with Crippen molar-refractivity contribution in [3.8, 4) is 11.8 Å². The third-order valence-corrected chi connectivity index (χ3v) is 1.90. The molecular formula is C12H18O4. The molecule has 0 amide bonds. The molecule has 0 rings (SSSR count). The average molecular weight is 226 g/mol. The number of ketones is 1. The molecule has 0 aliphatic heterocycles. The van der Waals surface area contributed by atoms with Crippen LogP contribution in [0.3, 0.4) is 0 Å². The van der Waals surface area contributed by atoms with E-state index < -0.39 is 11.6 Å². The highest BCUT2D eigenvalue weighted by molar-refractivity contribution is 5.96. The summed E-state index contributed by atoms with van der Waals surface area (Å²) in [5.74, 6) is 4.28. The van der Waals surface area contributed by atoms with Gasteiger partial charge in [-0.05, 0) is 13.8 Å². The van der Waals surface area contributed by atoms with Crippen LogP contribution < -0.4 is 0 Å². The molecular weight excluding hydrogens is 208 g/mol. The Morgan fingerprint density at radius 3 is 2.44 bits per heavy atom. The zero-order chi connectivity index (χ0) is 12.8. The van der Waals surface area contributed by atoms with Crippen molar-refractivity contribution in [1.82, 2.24) is 0 Å².